The fourth-order valence-electron chi connectivity index (χ4n) is 0.873. The molecule has 2 unspecified atom stereocenters. The summed E-state index contributed by atoms with van der Waals surface area (Å²) in [7, 11) is 0. The van der Waals surface area contributed by atoms with Crippen molar-refractivity contribution in [3.63, 3.8) is 0 Å². The summed E-state index contributed by atoms with van der Waals surface area (Å²) in [6.07, 6.45) is -2.25. The molecule has 0 aromatic carbocycles. The van der Waals surface area contributed by atoms with E-state index in [0.29, 0.717) is 0 Å². The first-order valence-electron chi connectivity index (χ1n) is 4.35. The van der Waals surface area contributed by atoms with Gasteiger partial charge in [-0.2, -0.15) is 0 Å². The Morgan fingerprint density at radius 3 is 2.38 bits per heavy atom. The average Bonchev–Trinajstić information content (AvgIpc) is 2.02. The Bertz CT molecular complexity index is 161. The van der Waals surface area contributed by atoms with Crippen LogP contribution in [0.4, 0.5) is 0 Å². The number of nitrogens with two attached hydrogens (primary N) is 1. The molecule has 0 heterocycles. The quantitative estimate of drug-likeness (QED) is 0.428. The zero-order chi connectivity index (χ0) is 10.4. The molecule has 78 valence electrons. The van der Waals surface area contributed by atoms with Gasteiger partial charge in [0.15, 0.2) is 6.10 Å². The van der Waals surface area contributed by atoms with Crippen LogP contribution in [0, 0.1) is 0 Å². The van der Waals surface area contributed by atoms with Crippen molar-refractivity contribution >= 4 is 5.91 Å². The predicted molar refractivity (Wildman–Crippen MR) is 49.0 cm³/mol. The zero-order valence-electron chi connectivity index (χ0n) is 8.03. The second-order valence-electron chi connectivity index (χ2n) is 3.25. The Morgan fingerprint density at radius 1 is 1.46 bits per heavy atom. The van der Waals surface area contributed by atoms with Crippen molar-refractivity contribution in [3.05, 3.63) is 0 Å². The first kappa shape index (κ1) is 12.3. The molecule has 0 rings (SSSR count). The van der Waals surface area contributed by atoms with Crippen LogP contribution in [-0.4, -0.2) is 40.9 Å². The number of hydrogen-bond acceptors (Lipinski definition) is 4. The van der Waals surface area contributed by atoms with E-state index in [-0.39, 0.29) is 19.0 Å². The molecule has 0 aliphatic rings. The second-order valence-corrected chi connectivity index (χ2v) is 3.25. The highest BCUT2D eigenvalue weighted by Gasteiger charge is 2.23. The largest absolute Gasteiger partial charge is 0.390 e. The molecule has 2 atom stereocenters. The summed E-state index contributed by atoms with van der Waals surface area (Å²) in [5, 5.41) is 21.0. The summed E-state index contributed by atoms with van der Waals surface area (Å²) in [6.45, 7) is 3.80. The van der Waals surface area contributed by atoms with Gasteiger partial charge in [0, 0.05) is 6.04 Å². The van der Waals surface area contributed by atoms with E-state index in [2.05, 4.69) is 5.32 Å². The number of aliphatic hydroxyl groups excluding tert-OH is 2. The van der Waals surface area contributed by atoms with E-state index in [1.807, 2.05) is 0 Å². The molecule has 0 saturated carbocycles. The van der Waals surface area contributed by atoms with Gasteiger partial charge >= 0.3 is 0 Å². The number of nitrogens with one attached hydrogen (secondary N) is 1. The SMILES string of the molecule is CC(C)NC(=O)C(O)C(O)CCN. The van der Waals surface area contributed by atoms with E-state index in [0.717, 1.165) is 0 Å². The third-order valence-electron chi connectivity index (χ3n) is 1.53. The molecule has 5 nitrogen and oxygen atoms in total. The molecular weight excluding hydrogens is 172 g/mol. The lowest BCUT2D eigenvalue weighted by atomic mass is 10.1. The standard InChI is InChI=1S/C8H18N2O3/c1-5(2)10-8(13)7(12)6(11)3-4-9/h5-7,11-12H,3-4,9H2,1-2H3,(H,10,13). The lowest BCUT2D eigenvalue weighted by Crippen LogP contribution is -2.45. The van der Waals surface area contributed by atoms with Crippen molar-refractivity contribution < 1.29 is 15.0 Å². The molecule has 5 heteroatoms. The van der Waals surface area contributed by atoms with Crippen molar-refractivity contribution in [1.29, 1.82) is 0 Å². The molecule has 0 radical (unpaired) electrons. The molecule has 0 fully saturated rings. The number of carbonyl (C=O) groups is 1. The Morgan fingerprint density at radius 2 is 2.00 bits per heavy atom. The smallest absolute Gasteiger partial charge is 0.251 e. The third-order valence-corrected chi connectivity index (χ3v) is 1.53. The Balaban J connectivity index is 3.93. The Kier molecular flexibility index (Phi) is 5.61. The van der Waals surface area contributed by atoms with Gasteiger partial charge in [-0.25, -0.2) is 0 Å². The Hall–Kier alpha value is -0.650. The van der Waals surface area contributed by atoms with Crippen LogP contribution in [0.2, 0.25) is 0 Å². The lowest BCUT2D eigenvalue weighted by Gasteiger charge is -2.18. The molecule has 0 bridgehead atoms. The van der Waals surface area contributed by atoms with Gasteiger partial charge in [0.25, 0.3) is 5.91 Å². The van der Waals surface area contributed by atoms with E-state index in [4.69, 9.17) is 5.73 Å². The molecule has 0 saturated heterocycles. The van der Waals surface area contributed by atoms with Crippen LogP contribution in [0.25, 0.3) is 0 Å². The summed E-state index contributed by atoms with van der Waals surface area (Å²) in [5.41, 5.74) is 5.17. The van der Waals surface area contributed by atoms with Gasteiger partial charge in [0.2, 0.25) is 0 Å². The molecule has 5 N–H and O–H groups in total. The fourth-order valence-corrected chi connectivity index (χ4v) is 0.873. The summed E-state index contributed by atoms with van der Waals surface area (Å²) >= 11 is 0. The third kappa shape index (κ3) is 4.82. The van der Waals surface area contributed by atoms with E-state index in [1.165, 1.54) is 0 Å². The molecule has 13 heavy (non-hydrogen) atoms. The van der Waals surface area contributed by atoms with E-state index in [9.17, 15) is 15.0 Å². The van der Waals surface area contributed by atoms with E-state index in [1.54, 1.807) is 13.8 Å². The topological polar surface area (TPSA) is 95.6 Å². The van der Waals surface area contributed by atoms with Crippen LogP contribution in [0.5, 0.6) is 0 Å². The van der Waals surface area contributed by atoms with Gasteiger partial charge in [-0.05, 0) is 26.8 Å². The number of hydrogen-bond donors (Lipinski definition) is 4. The summed E-state index contributed by atoms with van der Waals surface area (Å²) in [4.78, 5) is 11.1. The monoisotopic (exact) mass is 190 g/mol. The van der Waals surface area contributed by atoms with Crippen molar-refractivity contribution in [2.45, 2.75) is 38.5 Å². The first-order chi connectivity index (χ1) is 5.99. The van der Waals surface area contributed by atoms with Crippen molar-refractivity contribution in [2.75, 3.05) is 6.54 Å². The number of carbonyl (C=O) groups excluding carboxylic acids is 1. The highest BCUT2D eigenvalue weighted by atomic mass is 16.3. The molecule has 0 aliphatic heterocycles. The van der Waals surface area contributed by atoms with Crippen molar-refractivity contribution in [2.24, 2.45) is 5.73 Å². The number of aliphatic hydroxyl groups is 2. The normalized spacial score (nSPS) is 15.5. The van der Waals surface area contributed by atoms with Crippen molar-refractivity contribution in [1.82, 2.24) is 5.32 Å². The number of amides is 1. The van der Waals surface area contributed by atoms with Gasteiger partial charge in [0.05, 0.1) is 6.10 Å². The number of rotatable bonds is 5. The maximum atomic E-state index is 11.1. The average molecular weight is 190 g/mol. The maximum Gasteiger partial charge on any atom is 0.251 e. The van der Waals surface area contributed by atoms with Crippen LogP contribution >= 0.6 is 0 Å². The predicted octanol–water partition coefficient (Wildman–Crippen LogP) is -1.42. The summed E-state index contributed by atoms with van der Waals surface area (Å²) in [6, 6.07) is -0.0489. The summed E-state index contributed by atoms with van der Waals surface area (Å²) in [5.74, 6) is -0.559. The summed E-state index contributed by atoms with van der Waals surface area (Å²) < 4.78 is 0. The lowest BCUT2D eigenvalue weighted by molar-refractivity contribution is -0.135. The van der Waals surface area contributed by atoms with Crippen LogP contribution in [0.3, 0.4) is 0 Å². The molecule has 0 aromatic rings. The van der Waals surface area contributed by atoms with Crippen LogP contribution in [0.15, 0.2) is 0 Å². The van der Waals surface area contributed by atoms with Crippen LogP contribution in [0.1, 0.15) is 20.3 Å². The minimum Gasteiger partial charge on any atom is -0.390 e. The minimum absolute atomic E-state index is 0.0489. The van der Waals surface area contributed by atoms with Gasteiger partial charge in [-0.15, -0.1) is 0 Å². The Labute approximate surface area is 77.9 Å². The van der Waals surface area contributed by atoms with Gasteiger partial charge in [-0.3, -0.25) is 4.79 Å². The highest BCUT2D eigenvalue weighted by Crippen LogP contribution is 1.98. The molecular formula is C8H18N2O3. The fraction of sp³-hybridized carbons (Fsp3) is 0.875. The van der Waals surface area contributed by atoms with Crippen LogP contribution in [-0.2, 0) is 4.79 Å². The molecule has 0 aromatic heterocycles. The van der Waals surface area contributed by atoms with Crippen molar-refractivity contribution in [3.8, 4) is 0 Å². The molecule has 0 aliphatic carbocycles. The zero-order valence-corrected chi connectivity index (χ0v) is 8.03. The first-order valence-corrected chi connectivity index (χ1v) is 4.35. The van der Waals surface area contributed by atoms with E-state index < -0.39 is 18.1 Å². The van der Waals surface area contributed by atoms with Gasteiger partial charge < -0.3 is 21.3 Å². The van der Waals surface area contributed by atoms with Crippen LogP contribution < -0.4 is 11.1 Å². The highest BCUT2D eigenvalue weighted by molar-refractivity contribution is 5.81. The second kappa shape index (κ2) is 5.90. The molecule has 1 amide bonds. The van der Waals surface area contributed by atoms with E-state index >= 15 is 0 Å². The maximum absolute atomic E-state index is 11.1. The van der Waals surface area contributed by atoms with Gasteiger partial charge in [-0.1, -0.05) is 0 Å². The molecule has 0 spiro atoms. The van der Waals surface area contributed by atoms with Gasteiger partial charge in [0.1, 0.15) is 0 Å². The minimum atomic E-state index is -1.38.